The monoisotopic (exact) mass is 719 g/mol. The summed E-state index contributed by atoms with van der Waals surface area (Å²) < 4.78 is 5.91. The molecule has 4 fully saturated rings. The Kier molecular flexibility index (Phi) is 8.37. The number of nitro groups is 4. The van der Waals surface area contributed by atoms with Gasteiger partial charge >= 0.3 is 17.3 Å². The van der Waals surface area contributed by atoms with E-state index >= 15 is 0 Å². The van der Waals surface area contributed by atoms with E-state index in [-0.39, 0.29) is 33.8 Å². The Balaban J connectivity index is 1.12. The fourth-order valence-corrected chi connectivity index (χ4v) is 10.4. The van der Waals surface area contributed by atoms with E-state index < -0.39 is 65.6 Å². The van der Waals surface area contributed by atoms with Gasteiger partial charge in [0.2, 0.25) is 6.10 Å². The molecule has 0 aliphatic heterocycles. The zero-order valence-corrected chi connectivity index (χ0v) is 28.8. The highest BCUT2D eigenvalue weighted by Crippen LogP contribution is 2.65. The van der Waals surface area contributed by atoms with Crippen molar-refractivity contribution in [3.8, 4) is 11.1 Å². The molecule has 0 spiro atoms. The maximum absolute atomic E-state index is 13.3. The lowest BCUT2D eigenvalue weighted by Crippen LogP contribution is -2.54. The Morgan fingerprint density at radius 3 is 2.25 bits per heavy atom. The van der Waals surface area contributed by atoms with Crippen LogP contribution in [-0.2, 0) is 19.2 Å². The van der Waals surface area contributed by atoms with E-state index in [1.54, 1.807) is 0 Å². The van der Waals surface area contributed by atoms with Crippen molar-refractivity contribution in [3.05, 3.63) is 75.8 Å². The molecule has 0 saturated heterocycles. The second kappa shape index (κ2) is 12.4. The average Bonchev–Trinajstić information content (AvgIpc) is 3.58. The van der Waals surface area contributed by atoms with Crippen LogP contribution in [0.2, 0.25) is 0 Å². The molecule has 5 aliphatic carbocycles. The second-order valence-corrected chi connectivity index (χ2v) is 15.4. The molecule has 17 nitrogen and oxygen atoms in total. The number of ether oxygens (including phenoxy) is 1. The molecule has 3 unspecified atom stereocenters. The van der Waals surface area contributed by atoms with Crippen molar-refractivity contribution in [2.75, 3.05) is 0 Å². The van der Waals surface area contributed by atoms with Crippen molar-refractivity contribution in [2.45, 2.75) is 90.8 Å². The van der Waals surface area contributed by atoms with Gasteiger partial charge in [-0.15, -0.1) is 0 Å². The molecule has 7 rings (SSSR count). The lowest BCUT2D eigenvalue weighted by molar-refractivity contribution is -0.422. The molecule has 0 heterocycles. The molecule has 0 bridgehead atoms. The number of Topliss-reactive ketones (excluding diaryl/α,β-unsaturated/α-hetero) is 1. The summed E-state index contributed by atoms with van der Waals surface area (Å²) in [5, 5.41) is 51.6. The zero-order valence-electron chi connectivity index (χ0n) is 28.8. The highest BCUT2D eigenvalue weighted by atomic mass is 16.7. The molecular formula is C35H37N5O12. The second-order valence-electron chi connectivity index (χ2n) is 15.4. The number of carbonyl (C=O) groups is 2. The topological polar surface area (TPSA) is 238 Å². The number of rotatable bonds is 8. The van der Waals surface area contributed by atoms with Crippen molar-refractivity contribution in [3.63, 3.8) is 0 Å². The lowest BCUT2D eigenvalue weighted by atomic mass is 9.45. The number of non-ortho nitro benzene ring substituents is 1. The maximum Gasteiger partial charge on any atom is 0.354 e. The molecule has 274 valence electrons. The summed E-state index contributed by atoms with van der Waals surface area (Å²) >= 11 is 0. The van der Waals surface area contributed by atoms with E-state index in [1.807, 2.05) is 0 Å². The molecule has 0 N–H and O–H groups in total. The normalized spacial score (nSPS) is 31.3. The van der Waals surface area contributed by atoms with Crippen molar-refractivity contribution in [1.82, 2.24) is 0 Å². The summed E-state index contributed by atoms with van der Waals surface area (Å²) in [4.78, 5) is 75.3. The number of hydrogen-bond donors (Lipinski definition) is 0. The van der Waals surface area contributed by atoms with Crippen LogP contribution in [0.25, 0.3) is 11.1 Å². The minimum atomic E-state index is -1.32. The molecule has 0 amide bonds. The fourth-order valence-electron chi connectivity index (χ4n) is 10.4. The Morgan fingerprint density at radius 2 is 1.58 bits per heavy atom. The SMILES string of the molecule is CC(ON=C1c2cc([N+](=O)[O-])cc([N+](=O)[O-])c2-c2c1ccc([N+](=O)[O-])c2[N+](=O)[O-])C(=O)OC1CC[C@@]2(C)C(CC[C@@H]3[C@@H]2CC[C@]2(C)C(=O)CC[C@@H]32)C1. The number of nitro benzene ring substituents is 4. The summed E-state index contributed by atoms with van der Waals surface area (Å²) in [6.07, 6.45) is 6.18. The van der Waals surface area contributed by atoms with E-state index in [4.69, 9.17) is 9.57 Å². The van der Waals surface area contributed by atoms with Gasteiger partial charge in [0.1, 0.15) is 17.6 Å². The molecule has 2 aromatic rings. The summed E-state index contributed by atoms with van der Waals surface area (Å²) in [5.41, 5.74) is -5.53. The summed E-state index contributed by atoms with van der Waals surface area (Å²) in [7, 11) is 0. The molecule has 4 saturated carbocycles. The van der Waals surface area contributed by atoms with Gasteiger partial charge in [0, 0.05) is 35.1 Å². The molecule has 0 radical (unpaired) electrons. The first-order valence-corrected chi connectivity index (χ1v) is 17.5. The summed E-state index contributed by atoms with van der Waals surface area (Å²) in [6, 6.07) is 3.44. The van der Waals surface area contributed by atoms with Crippen LogP contribution < -0.4 is 0 Å². The number of esters is 1. The van der Waals surface area contributed by atoms with E-state index in [9.17, 15) is 50.0 Å². The lowest BCUT2D eigenvalue weighted by Gasteiger charge is -2.60. The van der Waals surface area contributed by atoms with Crippen LogP contribution in [0.4, 0.5) is 22.7 Å². The smallest absolute Gasteiger partial charge is 0.354 e. The first-order valence-electron chi connectivity index (χ1n) is 17.5. The van der Waals surface area contributed by atoms with Crippen molar-refractivity contribution < 1.29 is 38.9 Å². The van der Waals surface area contributed by atoms with E-state index in [0.717, 1.165) is 56.7 Å². The third-order valence-corrected chi connectivity index (χ3v) is 13.0. The predicted octanol–water partition coefficient (Wildman–Crippen LogP) is 6.98. The van der Waals surface area contributed by atoms with Gasteiger partial charge in [-0.05, 0) is 93.4 Å². The van der Waals surface area contributed by atoms with Gasteiger partial charge in [-0.25, -0.2) is 4.79 Å². The first kappa shape index (κ1) is 35.1. The number of oxime groups is 1. The first-order chi connectivity index (χ1) is 24.6. The Hall–Kier alpha value is -5.35. The van der Waals surface area contributed by atoms with Crippen LogP contribution in [0.5, 0.6) is 0 Å². The van der Waals surface area contributed by atoms with Gasteiger partial charge in [0.05, 0.1) is 36.9 Å². The highest BCUT2D eigenvalue weighted by Gasteiger charge is 2.60. The largest absolute Gasteiger partial charge is 0.460 e. The number of nitrogens with zero attached hydrogens (tertiary/aromatic N) is 5. The van der Waals surface area contributed by atoms with Gasteiger partial charge in [0.25, 0.3) is 11.4 Å². The number of benzene rings is 2. The van der Waals surface area contributed by atoms with Crippen LogP contribution in [0.3, 0.4) is 0 Å². The van der Waals surface area contributed by atoms with Crippen LogP contribution in [-0.4, -0.2) is 49.4 Å². The van der Waals surface area contributed by atoms with Gasteiger partial charge in [-0.1, -0.05) is 19.0 Å². The minimum absolute atomic E-state index is 0.0824. The molecule has 8 atom stereocenters. The maximum atomic E-state index is 13.3. The Bertz CT molecular complexity index is 2000. The van der Waals surface area contributed by atoms with Crippen molar-refractivity contribution in [1.29, 1.82) is 0 Å². The molecular weight excluding hydrogens is 682 g/mol. The van der Waals surface area contributed by atoms with Crippen LogP contribution >= 0.6 is 0 Å². The standard InChI is InChI=1S/C35H37N5O12/c1-17(33(42)51-20-10-12-34(2)18(14-20)4-5-21-24-7-9-28(41)35(24,3)13-11-25(21)34)52-36-31-22-6-8-26(38(45)46)32(40(49)50)30(22)29-23(31)15-19(37(43)44)16-27(29)39(47)48/h6,8,15-18,20-21,24-25H,4-5,7,9-14H2,1-3H3/t17?,18?,20?,21-,24-,25-,34-,35-/m0/s1. The molecule has 52 heavy (non-hydrogen) atoms. The van der Waals surface area contributed by atoms with Crippen molar-refractivity contribution in [2.24, 2.45) is 39.7 Å². The van der Waals surface area contributed by atoms with Gasteiger partial charge in [0.15, 0.2) is 0 Å². The van der Waals surface area contributed by atoms with E-state index in [2.05, 4.69) is 19.0 Å². The third-order valence-electron chi connectivity index (χ3n) is 13.0. The highest BCUT2D eigenvalue weighted by molar-refractivity contribution is 6.27. The molecule has 17 heteroatoms. The van der Waals surface area contributed by atoms with E-state index in [1.165, 1.54) is 6.92 Å². The predicted molar refractivity (Wildman–Crippen MR) is 181 cm³/mol. The van der Waals surface area contributed by atoms with Crippen molar-refractivity contribution >= 4 is 40.2 Å². The van der Waals surface area contributed by atoms with Crippen LogP contribution in [0, 0.1) is 75.0 Å². The summed E-state index contributed by atoms with van der Waals surface area (Å²) in [6.45, 7) is 5.89. The van der Waals surface area contributed by atoms with Gasteiger partial charge in [-0.2, -0.15) is 0 Å². The quantitative estimate of drug-likeness (QED) is 0.130. The molecule has 2 aromatic carbocycles. The minimum Gasteiger partial charge on any atom is -0.460 e. The van der Waals surface area contributed by atoms with Crippen LogP contribution in [0.15, 0.2) is 29.4 Å². The number of fused-ring (bicyclic) bond motifs is 8. The number of hydrogen-bond acceptors (Lipinski definition) is 13. The number of ketones is 1. The van der Waals surface area contributed by atoms with E-state index in [0.29, 0.717) is 54.8 Å². The Morgan fingerprint density at radius 1 is 0.846 bits per heavy atom. The zero-order chi connectivity index (χ0) is 37.4. The van der Waals surface area contributed by atoms with Crippen LogP contribution in [0.1, 0.15) is 89.7 Å². The third kappa shape index (κ3) is 5.30. The summed E-state index contributed by atoms with van der Waals surface area (Å²) in [5.74, 6) is 1.50. The molecule has 5 aliphatic rings. The average molecular weight is 720 g/mol. The van der Waals surface area contributed by atoms with Gasteiger partial charge < -0.3 is 9.57 Å². The van der Waals surface area contributed by atoms with Gasteiger partial charge in [-0.3, -0.25) is 45.3 Å². The Labute approximate surface area is 296 Å². The number of carbonyl (C=O) groups excluding carboxylic acids is 2. The molecule has 0 aromatic heterocycles. The fraction of sp³-hybridized carbons (Fsp3) is 0.571.